The molecular weight excluding hydrogens is 378 g/mol. The van der Waals surface area contributed by atoms with Crippen molar-refractivity contribution < 1.29 is 4.79 Å². The van der Waals surface area contributed by atoms with Gasteiger partial charge in [-0.1, -0.05) is 47.7 Å². The van der Waals surface area contributed by atoms with Crippen LogP contribution in [0.2, 0.25) is 0 Å². The van der Waals surface area contributed by atoms with Crippen LogP contribution in [0.25, 0.3) is 21.9 Å². The van der Waals surface area contributed by atoms with E-state index in [9.17, 15) is 4.79 Å². The number of hydrogen-bond acceptors (Lipinski definition) is 6. The van der Waals surface area contributed by atoms with E-state index < -0.39 is 5.91 Å². The number of primary amides is 1. The molecule has 0 spiro atoms. The fraction of sp³-hybridized carbons (Fsp3) is 0.0455. The Morgan fingerprint density at radius 1 is 0.933 bits per heavy atom. The third-order valence-electron chi connectivity index (χ3n) is 4.78. The summed E-state index contributed by atoms with van der Waals surface area (Å²) >= 11 is 0. The number of rotatable bonds is 5. The van der Waals surface area contributed by atoms with E-state index in [1.54, 1.807) is 0 Å². The highest BCUT2D eigenvalue weighted by molar-refractivity contribution is 5.96. The minimum Gasteiger partial charge on any atom is -0.363 e. The van der Waals surface area contributed by atoms with Gasteiger partial charge in [-0.25, -0.2) is 14.6 Å². The van der Waals surface area contributed by atoms with E-state index in [-0.39, 0.29) is 5.82 Å². The van der Waals surface area contributed by atoms with Crippen LogP contribution < -0.4 is 11.1 Å². The van der Waals surface area contributed by atoms with Gasteiger partial charge in [0.05, 0.1) is 17.6 Å². The third kappa shape index (κ3) is 3.30. The molecule has 0 bridgehead atoms. The van der Waals surface area contributed by atoms with Crippen molar-refractivity contribution in [1.82, 2.24) is 25.0 Å². The van der Waals surface area contributed by atoms with Crippen molar-refractivity contribution in [2.24, 2.45) is 5.73 Å². The number of aromatic nitrogens is 5. The van der Waals surface area contributed by atoms with Crippen molar-refractivity contribution >= 4 is 39.3 Å². The smallest absolute Gasteiger partial charge is 0.286 e. The third-order valence-corrected chi connectivity index (χ3v) is 4.78. The molecule has 0 radical (unpaired) electrons. The lowest BCUT2D eigenvalue weighted by molar-refractivity contribution is 0.0991. The molecule has 5 rings (SSSR count). The Morgan fingerprint density at radius 3 is 2.57 bits per heavy atom. The molecule has 0 saturated carbocycles. The average molecular weight is 395 g/mol. The van der Waals surface area contributed by atoms with E-state index in [0.717, 1.165) is 27.7 Å². The maximum atomic E-state index is 11.7. The Kier molecular flexibility index (Phi) is 4.29. The number of carbonyl (C=O) groups is 1. The zero-order valence-corrected chi connectivity index (χ0v) is 15.9. The second-order valence-electron chi connectivity index (χ2n) is 6.84. The van der Waals surface area contributed by atoms with Crippen LogP contribution in [-0.2, 0) is 6.54 Å². The Balaban J connectivity index is 1.54. The number of fused-ring (bicyclic) bond motifs is 2. The molecule has 0 aliphatic carbocycles. The Labute approximate surface area is 171 Å². The molecule has 3 aromatic carbocycles. The SMILES string of the molecule is NC(=O)c1nc(Nc2ccc3nnn(Cc4ccccc4)c3c2)c2ccccc2n1. The van der Waals surface area contributed by atoms with E-state index in [1.165, 1.54) is 0 Å². The largest absolute Gasteiger partial charge is 0.363 e. The maximum absolute atomic E-state index is 11.7. The standard InChI is InChI=1S/C22H17N7O/c23-20(30)22-25-17-9-5-4-8-16(17)21(26-22)24-15-10-11-18-19(12-15)29(28-27-18)13-14-6-2-1-3-7-14/h1-12H,13H2,(H2,23,30)(H,24,25,26). The summed E-state index contributed by atoms with van der Waals surface area (Å²) in [6.45, 7) is 0.614. The van der Waals surface area contributed by atoms with Gasteiger partial charge in [-0.05, 0) is 35.9 Å². The molecule has 0 atom stereocenters. The summed E-state index contributed by atoms with van der Waals surface area (Å²) in [6, 6.07) is 23.3. The van der Waals surface area contributed by atoms with Gasteiger partial charge >= 0.3 is 0 Å². The first-order valence-electron chi connectivity index (χ1n) is 9.38. The quantitative estimate of drug-likeness (QED) is 0.472. The predicted molar refractivity (Wildman–Crippen MR) is 114 cm³/mol. The molecule has 0 saturated heterocycles. The number of nitrogens with one attached hydrogen (secondary N) is 1. The lowest BCUT2D eigenvalue weighted by Gasteiger charge is -2.10. The monoisotopic (exact) mass is 395 g/mol. The van der Waals surface area contributed by atoms with Crippen molar-refractivity contribution in [1.29, 1.82) is 0 Å². The second kappa shape index (κ2) is 7.25. The lowest BCUT2D eigenvalue weighted by Crippen LogP contribution is -2.16. The molecule has 0 aliphatic rings. The highest BCUT2D eigenvalue weighted by Crippen LogP contribution is 2.26. The lowest BCUT2D eigenvalue weighted by atomic mass is 10.2. The molecule has 0 aliphatic heterocycles. The van der Waals surface area contributed by atoms with Crippen molar-refractivity contribution in [3.63, 3.8) is 0 Å². The van der Waals surface area contributed by atoms with Crippen molar-refractivity contribution in [3.05, 3.63) is 84.2 Å². The summed E-state index contributed by atoms with van der Waals surface area (Å²) in [5.41, 5.74) is 9.65. The molecule has 3 N–H and O–H groups in total. The van der Waals surface area contributed by atoms with Gasteiger partial charge in [-0.3, -0.25) is 4.79 Å². The first-order valence-corrected chi connectivity index (χ1v) is 9.38. The predicted octanol–water partition coefficient (Wildman–Crippen LogP) is 3.27. The van der Waals surface area contributed by atoms with Crippen LogP contribution in [0, 0.1) is 0 Å². The van der Waals surface area contributed by atoms with Crippen LogP contribution in [0.1, 0.15) is 16.2 Å². The van der Waals surface area contributed by atoms with Crippen molar-refractivity contribution in [2.45, 2.75) is 6.54 Å². The molecule has 8 nitrogen and oxygen atoms in total. The summed E-state index contributed by atoms with van der Waals surface area (Å²) in [5, 5.41) is 12.6. The summed E-state index contributed by atoms with van der Waals surface area (Å²) < 4.78 is 1.85. The average Bonchev–Trinajstić information content (AvgIpc) is 3.16. The van der Waals surface area contributed by atoms with Gasteiger partial charge < -0.3 is 11.1 Å². The number of anilines is 2. The van der Waals surface area contributed by atoms with E-state index in [2.05, 4.69) is 25.6 Å². The minimum absolute atomic E-state index is 0.0342. The first kappa shape index (κ1) is 17.7. The zero-order valence-electron chi connectivity index (χ0n) is 15.9. The molecular formula is C22H17N7O. The minimum atomic E-state index is -0.676. The summed E-state index contributed by atoms with van der Waals surface area (Å²) in [4.78, 5) is 20.2. The Hall–Kier alpha value is -4.33. The van der Waals surface area contributed by atoms with Gasteiger partial charge in [0.1, 0.15) is 11.3 Å². The Bertz CT molecular complexity index is 1380. The normalized spacial score (nSPS) is 11.1. The molecule has 0 unspecified atom stereocenters. The van der Waals surface area contributed by atoms with Crippen molar-refractivity contribution in [2.75, 3.05) is 5.32 Å². The van der Waals surface area contributed by atoms with Crippen molar-refractivity contribution in [3.8, 4) is 0 Å². The number of para-hydroxylation sites is 1. The molecule has 30 heavy (non-hydrogen) atoms. The number of nitrogens with zero attached hydrogens (tertiary/aromatic N) is 5. The number of nitrogens with two attached hydrogens (primary N) is 1. The van der Waals surface area contributed by atoms with E-state index in [4.69, 9.17) is 5.73 Å². The molecule has 5 aromatic rings. The Morgan fingerprint density at radius 2 is 1.73 bits per heavy atom. The van der Waals surface area contributed by atoms with E-state index in [1.807, 2.05) is 77.5 Å². The number of benzene rings is 3. The molecule has 1 amide bonds. The van der Waals surface area contributed by atoms with Crippen LogP contribution in [0.5, 0.6) is 0 Å². The fourth-order valence-electron chi connectivity index (χ4n) is 3.33. The van der Waals surface area contributed by atoms with Gasteiger partial charge in [-0.2, -0.15) is 0 Å². The zero-order chi connectivity index (χ0) is 20.5. The topological polar surface area (TPSA) is 112 Å². The van der Waals surface area contributed by atoms with Gasteiger partial charge in [0.25, 0.3) is 5.91 Å². The first-order chi connectivity index (χ1) is 14.7. The molecule has 8 heteroatoms. The second-order valence-corrected chi connectivity index (χ2v) is 6.84. The number of hydrogen-bond donors (Lipinski definition) is 2. The van der Waals surface area contributed by atoms with Gasteiger partial charge in [0, 0.05) is 11.1 Å². The molecule has 0 fully saturated rings. The van der Waals surface area contributed by atoms with Crippen LogP contribution in [0.3, 0.4) is 0 Å². The highest BCUT2D eigenvalue weighted by atomic mass is 16.1. The summed E-state index contributed by atoms with van der Waals surface area (Å²) in [7, 11) is 0. The van der Waals surface area contributed by atoms with Crippen LogP contribution in [0.15, 0.2) is 72.8 Å². The van der Waals surface area contributed by atoms with Crippen LogP contribution in [0.4, 0.5) is 11.5 Å². The summed E-state index contributed by atoms with van der Waals surface area (Å²) in [6.07, 6.45) is 0. The van der Waals surface area contributed by atoms with Gasteiger partial charge in [0.15, 0.2) is 0 Å². The number of amides is 1. The van der Waals surface area contributed by atoms with E-state index >= 15 is 0 Å². The molecule has 2 aromatic heterocycles. The molecule has 146 valence electrons. The molecule has 2 heterocycles. The van der Waals surface area contributed by atoms with Gasteiger partial charge in [-0.15, -0.1) is 5.10 Å². The van der Waals surface area contributed by atoms with Crippen LogP contribution >= 0.6 is 0 Å². The summed E-state index contributed by atoms with van der Waals surface area (Å²) in [5.74, 6) is -0.201. The fourth-order valence-corrected chi connectivity index (χ4v) is 3.33. The van der Waals surface area contributed by atoms with E-state index in [0.29, 0.717) is 17.9 Å². The van der Waals surface area contributed by atoms with Gasteiger partial charge in [0.2, 0.25) is 5.82 Å². The number of carbonyl (C=O) groups excluding carboxylic acids is 1. The van der Waals surface area contributed by atoms with Crippen LogP contribution in [-0.4, -0.2) is 30.9 Å². The highest BCUT2D eigenvalue weighted by Gasteiger charge is 2.12. The maximum Gasteiger partial charge on any atom is 0.286 e.